The molecule has 2 N–H and O–H groups in total. The van der Waals surface area contributed by atoms with Gasteiger partial charge in [-0.05, 0) is 11.4 Å². The lowest BCUT2D eigenvalue weighted by atomic mass is 10.2. The van der Waals surface area contributed by atoms with Crippen LogP contribution in [0.15, 0.2) is 16.3 Å². The molecular weight excluding hydrogens is 322 g/mol. The summed E-state index contributed by atoms with van der Waals surface area (Å²) in [6.45, 7) is -0.324. The van der Waals surface area contributed by atoms with Crippen molar-refractivity contribution in [2.75, 3.05) is 13.7 Å². The highest BCUT2D eigenvalue weighted by atomic mass is 32.2. The van der Waals surface area contributed by atoms with Crippen molar-refractivity contribution >= 4 is 33.3 Å². The lowest BCUT2D eigenvalue weighted by Gasteiger charge is -2.20. The van der Waals surface area contributed by atoms with Gasteiger partial charge in [0.25, 0.3) is 0 Å². The lowest BCUT2D eigenvalue weighted by Crippen LogP contribution is -2.40. The number of hydrogen-bond acceptors (Lipinski definition) is 7. The lowest BCUT2D eigenvalue weighted by molar-refractivity contribution is -0.140. The molecule has 2 unspecified atom stereocenters. The van der Waals surface area contributed by atoms with E-state index in [4.69, 9.17) is 5.11 Å². The van der Waals surface area contributed by atoms with Crippen molar-refractivity contribution in [1.82, 2.24) is 4.31 Å². The molecule has 1 aromatic heterocycles. The fraction of sp³-hybridized carbons (Fsp3) is 0.455. The van der Waals surface area contributed by atoms with Crippen LogP contribution in [0.25, 0.3) is 0 Å². The van der Waals surface area contributed by atoms with E-state index in [1.165, 1.54) is 11.4 Å². The minimum Gasteiger partial charge on any atom is -0.480 e. The number of carboxylic acids is 1. The molecule has 2 atom stereocenters. The minimum absolute atomic E-state index is 0.122. The molecule has 10 heteroatoms. The summed E-state index contributed by atoms with van der Waals surface area (Å²) in [4.78, 5) is 22.3. The van der Waals surface area contributed by atoms with Gasteiger partial charge in [-0.15, -0.1) is 11.3 Å². The van der Waals surface area contributed by atoms with Gasteiger partial charge in [-0.3, -0.25) is 4.79 Å². The molecule has 1 fully saturated rings. The highest BCUT2D eigenvalue weighted by molar-refractivity contribution is 7.89. The number of aliphatic hydroxyl groups excluding tert-OH is 1. The summed E-state index contributed by atoms with van der Waals surface area (Å²) in [6.07, 6.45) is -1.24. The summed E-state index contributed by atoms with van der Waals surface area (Å²) in [5, 5.41) is 20.0. The fourth-order valence-electron chi connectivity index (χ4n) is 2.14. The normalized spacial score (nSPS) is 23.1. The summed E-state index contributed by atoms with van der Waals surface area (Å²) in [7, 11) is -3.08. The third-order valence-electron chi connectivity index (χ3n) is 3.11. The van der Waals surface area contributed by atoms with Crippen LogP contribution in [0.5, 0.6) is 0 Å². The molecular formula is C11H13NO7S2. The monoisotopic (exact) mass is 335 g/mol. The molecule has 1 aliphatic heterocycles. The molecule has 0 aromatic carbocycles. The molecule has 1 aromatic rings. The number of methoxy groups -OCH3 is 1. The van der Waals surface area contributed by atoms with Gasteiger partial charge < -0.3 is 14.9 Å². The van der Waals surface area contributed by atoms with Crippen molar-refractivity contribution in [3.63, 3.8) is 0 Å². The number of ether oxygens (including phenoxy) is 1. The Morgan fingerprint density at radius 1 is 1.48 bits per heavy atom. The van der Waals surface area contributed by atoms with Gasteiger partial charge >= 0.3 is 11.9 Å². The first-order chi connectivity index (χ1) is 9.78. The van der Waals surface area contributed by atoms with Gasteiger partial charge in [0.1, 0.15) is 15.8 Å². The van der Waals surface area contributed by atoms with E-state index in [0.717, 1.165) is 18.4 Å². The summed E-state index contributed by atoms with van der Waals surface area (Å²) in [5.41, 5.74) is 0. The minimum atomic E-state index is -4.21. The third kappa shape index (κ3) is 2.79. The first-order valence-corrected chi connectivity index (χ1v) is 8.19. The number of carbonyl (C=O) groups excluding carboxylic acids is 1. The highest BCUT2D eigenvalue weighted by Crippen LogP contribution is 2.31. The van der Waals surface area contributed by atoms with Crippen LogP contribution in [0.2, 0.25) is 0 Å². The third-order valence-corrected chi connectivity index (χ3v) is 6.05. The summed E-state index contributed by atoms with van der Waals surface area (Å²) < 4.78 is 30.3. The molecule has 0 radical (unpaired) electrons. The van der Waals surface area contributed by atoms with Crippen molar-refractivity contribution in [2.45, 2.75) is 23.5 Å². The van der Waals surface area contributed by atoms with Gasteiger partial charge in [-0.1, -0.05) is 0 Å². The molecule has 2 rings (SSSR count). The molecule has 1 aliphatic rings. The summed E-state index contributed by atoms with van der Waals surface area (Å²) in [5.74, 6) is -2.15. The van der Waals surface area contributed by atoms with E-state index >= 15 is 0 Å². The molecule has 8 nitrogen and oxygen atoms in total. The largest absolute Gasteiger partial charge is 0.480 e. The van der Waals surface area contributed by atoms with Gasteiger partial charge in [-0.25, -0.2) is 13.2 Å². The van der Waals surface area contributed by atoms with Gasteiger partial charge in [0.2, 0.25) is 10.0 Å². The van der Waals surface area contributed by atoms with Crippen LogP contribution in [-0.4, -0.2) is 60.7 Å². The molecule has 0 spiro atoms. The molecule has 0 amide bonds. The van der Waals surface area contributed by atoms with Crippen LogP contribution in [0, 0.1) is 0 Å². The van der Waals surface area contributed by atoms with Crippen LogP contribution in [0.1, 0.15) is 16.1 Å². The van der Waals surface area contributed by atoms with Crippen molar-refractivity contribution in [3.8, 4) is 0 Å². The number of thiophene rings is 1. The van der Waals surface area contributed by atoms with E-state index in [2.05, 4.69) is 4.74 Å². The second kappa shape index (κ2) is 5.72. The predicted molar refractivity (Wildman–Crippen MR) is 71.6 cm³/mol. The van der Waals surface area contributed by atoms with Crippen molar-refractivity contribution in [3.05, 3.63) is 16.3 Å². The quantitative estimate of drug-likeness (QED) is 0.727. The number of hydrogen-bond donors (Lipinski definition) is 2. The maximum Gasteiger partial charge on any atom is 0.349 e. The molecule has 0 aliphatic carbocycles. The Labute approximate surface area is 124 Å². The van der Waals surface area contributed by atoms with E-state index in [1.807, 2.05) is 0 Å². The van der Waals surface area contributed by atoms with Gasteiger partial charge in [-0.2, -0.15) is 4.31 Å². The van der Waals surface area contributed by atoms with Crippen LogP contribution >= 0.6 is 11.3 Å². The number of sulfonamides is 1. The second-order valence-electron chi connectivity index (χ2n) is 4.42. The van der Waals surface area contributed by atoms with Crippen LogP contribution in [0.3, 0.4) is 0 Å². The Morgan fingerprint density at radius 2 is 2.14 bits per heavy atom. The Morgan fingerprint density at radius 3 is 2.71 bits per heavy atom. The Balaban J connectivity index is 2.45. The number of carboxylic acid groups (broad SMARTS) is 1. The maximum absolute atomic E-state index is 12.5. The number of carbonyl (C=O) groups is 2. The molecule has 0 bridgehead atoms. The number of aliphatic hydroxyl groups is 1. The highest BCUT2D eigenvalue weighted by Gasteiger charge is 2.44. The average molecular weight is 335 g/mol. The first-order valence-electron chi connectivity index (χ1n) is 5.87. The zero-order valence-corrected chi connectivity index (χ0v) is 12.6. The van der Waals surface area contributed by atoms with E-state index in [1.54, 1.807) is 0 Å². The number of β-amino-alcohol motifs (C(OH)–C–C–N with tert-alkyl or cyclic N) is 1. The van der Waals surface area contributed by atoms with Crippen molar-refractivity contribution in [2.24, 2.45) is 0 Å². The predicted octanol–water partition coefficient (Wildman–Crippen LogP) is -0.257. The van der Waals surface area contributed by atoms with Gasteiger partial charge in [0.05, 0.1) is 13.2 Å². The zero-order chi connectivity index (χ0) is 15.8. The number of esters is 1. The van der Waals surface area contributed by atoms with E-state index < -0.39 is 34.1 Å². The standard InChI is InChI=1S/C11H13NO7S2/c1-19-11(16)9-8(2-3-20-9)21(17,18)12-5-6(13)4-7(12)10(14)15/h2-3,6-7,13H,4-5H2,1H3,(H,14,15). The Kier molecular flexibility index (Phi) is 4.33. The summed E-state index contributed by atoms with van der Waals surface area (Å²) in [6, 6.07) is -0.133. The second-order valence-corrected chi connectivity index (χ2v) is 7.20. The Bertz CT molecular complexity index is 666. The van der Waals surface area contributed by atoms with Crippen molar-refractivity contribution in [1.29, 1.82) is 0 Å². The first kappa shape index (κ1) is 15.9. The number of rotatable bonds is 4. The molecule has 116 valence electrons. The van der Waals surface area contributed by atoms with E-state index in [-0.39, 0.29) is 22.7 Å². The SMILES string of the molecule is COC(=O)c1sccc1S(=O)(=O)N1CC(O)CC1C(=O)O. The van der Waals surface area contributed by atoms with E-state index in [9.17, 15) is 23.1 Å². The van der Waals surface area contributed by atoms with Crippen LogP contribution in [0.4, 0.5) is 0 Å². The van der Waals surface area contributed by atoms with Crippen LogP contribution < -0.4 is 0 Å². The van der Waals surface area contributed by atoms with Crippen molar-refractivity contribution < 1.29 is 33.0 Å². The number of aliphatic carboxylic acids is 1. The molecule has 2 heterocycles. The zero-order valence-electron chi connectivity index (χ0n) is 10.9. The molecule has 1 saturated heterocycles. The average Bonchev–Trinajstić information content (AvgIpc) is 3.04. The fourth-order valence-corrected chi connectivity index (χ4v) is 5.08. The summed E-state index contributed by atoms with van der Waals surface area (Å²) >= 11 is 0.888. The molecule has 0 saturated carbocycles. The number of nitrogens with zero attached hydrogens (tertiary/aromatic N) is 1. The van der Waals surface area contributed by atoms with Gasteiger partial charge in [0.15, 0.2) is 0 Å². The Hall–Kier alpha value is -1.49. The molecule has 21 heavy (non-hydrogen) atoms. The van der Waals surface area contributed by atoms with Crippen LogP contribution in [-0.2, 0) is 19.6 Å². The van der Waals surface area contributed by atoms with E-state index in [0.29, 0.717) is 4.31 Å². The smallest absolute Gasteiger partial charge is 0.349 e. The maximum atomic E-state index is 12.5. The topological polar surface area (TPSA) is 121 Å². The van der Waals surface area contributed by atoms with Gasteiger partial charge in [0, 0.05) is 13.0 Å².